The maximum absolute atomic E-state index is 8.67. The van der Waals surface area contributed by atoms with Crippen LogP contribution in [0.2, 0.25) is 0 Å². The molecule has 0 saturated carbocycles. The van der Waals surface area contributed by atoms with Crippen molar-refractivity contribution in [2.75, 3.05) is 0 Å². The third kappa shape index (κ3) is 4.40. The fraction of sp³-hybridized carbons (Fsp3) is 0. The maximum Gasteiger partial charge on any atom is 0.136 e. The molecule has 0 unspecified atom stereocenters. The van der Waals surface area contributed by atoms with E-state index >= 15 is 0 Å². The van der Waals surface area contributed by atoms with Gasteiger partial charge in [-0.2, -0.15) is 0 Å². The summed E-state index contributed by atoms with van der Waals surface area (Å²) < 4.78 is 48.5. The van der Waals surface area contributed by atoms with Crippen LogP contribution in [0.25, 0.3) is 98.8 Å². The highest BCUT2D eigenvalue weighted by Gasteiger charge is 2.21. The Bertz CT molecular complexity index is 3080. The highest BCUT2D eigenvalue weighted by molar-refractivity contribution is 6.27. The summed E-state index contributed by atoms with van der Waals surface area (Å²) in [5.41, 5.74) is 8.80. The lowest BCUT2D eigenvalue weighted by atomic mass is 9.83. The van der Waals surface area contributed by atoms with Crippen molar-refractivity contribution >= 4 is 54.3 Å². The monoisotopic (exact) mass is 627 g/mol. The van der Waals surface area contributed by atoms with Gasteiger partial charge in [0.15, 0.2) is 0 Å². The average Bonchev–Trinajstić information content (AvgIpc) is 3.60. The predicted molar refractivity (Wildman–Crippen MR) is 208 cm³/mol. The van der Waals surface area contributed by atoms with E-state index in [1.54, 1.807) is 6.07 Å². The minimum absolute atomic E-state index is 0.167. The average molecular weight is 628 g/mol. The van der Waals surface area contributed by atoms with E-state index < -0.39 is 6.04 Å². The Morgan fingerprint density at radius 2 is 1.00 bits per heavy atom. The quantitative estimate of drug-likeness (QED) is 0.177. The molecule has 0 bridgehead atoms. The normalized spacial score (nSPS) is 13.1. The number of rotatable bonds is 4. The molecule has 1 heteroatoms. The molecular weight excluding hydrogens is 593 g/mol. The molecule has 0 radical (unpaired) electrons. The molecular formula is C48H30O. The number of hydrogen-bond acceptors (Lipinski definition) is 1. The molecule has 10 rings (SSSR count). The molecule has 0 saturated heterocycles. The van der Waals surface area contributed by atoms with Crippen LogP contribution in [0.15, 0.2) is 186 Å². The van der Waals surface area contributed by atoms with Crippen molar-refractivity contribution in [2.24, 2.45) is 0 Å². The van der Waals surface area contributed by atoms with Crippen molar-refractivity contribution in [3.8, 4) is 44.5 Å². The molecule has 1 aromatic heterocycles. The van der Waals surface area contributed by atoms with Crippen LogP contribution < -0.4 is 0 Å². The highest BCUT2D eigenvalue weighted by Crippen LogP contribution is 2.48. The smallest absolute Gasteiger partial charge is 0.136 e. The first kappa shape index (κ1) is 23.0. The van der Waals surface area contributed by atoms with Crippen LogP contribution in [0.4, 0.5) is 0 Å². The molecule has 0 aliphatic carbocycles. The van der Waals surface area contributed by atoms with Crippen molar-refractivity contribution in [2.45, 2.75) is 0 Å². The Morgan fingerprint density at radius 3 is 1.71 bits per heavy atom. The topological polar surface area (TPSA) is 13.1 Å². The first-order chi connectivity index (χ1) is 26.4. The largest absolute Gasteiger partial charge is 0.456 e. The summed E-state index contributed by atoms with van der Waals surface area (Å²) in [6.45, 7) is 0. The van der Waals surface area contributed by atoms with Gasteiger partial charge in [-0.25, -0.2) is 0 Å². The summed E-state index contributed by atoms with van der Waals surface area (Å²) >= 11 is 0. The summed E-state index contributed by atoms with van der Waals surface area (Å²) in [7, 11) is 0. The lowest BCUT2D eigenvalue weighted by Gasteiger charge is -2.20. The molecule has 49 heavy (non-hydrogen) atoms. The lowest BCUT2D eigenvalue weighted by molar-refractivity contribution is 0.669. The zero-order valence-corrected chi connectivity index (χ0v) is 26.3. The summed E-state index contributed by atoms with van der Waals surface area (Å²) in [6.07, 6.45) is 0. The Balaban J connectivity index is 1.30. The van der Waals surface area contributed by atoms with E-state index in [2.05, 4.69) is 115 Å². The van der Waals surface area contributed by atoms with Gasteiger partial charge in [0, 0.05) is 10.8 Å². The number of hydrogen-bond donors (Lipinski definition) is 0. The molecule has 0 amide bonds. The SMILES string of the molecule is [2H]c1c([2H])c([2H])c(-c2ccc3oc4cccc(-c5c6ccccc6c(-c6cc(-c7ccccc7)cc7ccccc67)c6ccccc56)c4c3c2)c([2H])c1[2H]. The van der Waals surface area contributed by atoms with Gasteiger partial charge >= 0.3 is 0 Å². The van der Waals surface area contributed by atoms with Gasteiger partial charge in [-0.3, -0.25) is 0 Å². The number of fused-ring (bicyclic) bond motifs is 6. The molecule has 0 aliphatic heterocycles. The van der Waals surface area contributed by atoms with Gasteiger partial charge in [-0.1, -0.05) is 152 Å². The van der Waals surface area contributed by atoms with Gasteiger partial charge in [0.05, 0.1) is 6.85 Å². The minimum Gasteiger partial charge on any atom is -0.456 e. The Hall–Kier alpha value is -6.44. The summed E-state index contributed by atoms with van der Waals surface area (Å²) in [4.78, 5) is 0. The van der Waals surface area contributed by atoms with Gasteiger partial charge in [0.1, 0.15) is 11.2 Å². The predicted octanol–water partition coefficient (Wildman–Crippen LogP) is 13.7. The maximum atomic E-state index is 8.67. The molecule has 228 valence electrons. The van der Waals surface area contributed by atoms with Crippen LogP contribution in [0, 0.1) is 0 Å². The van der Waals surface area contributed by atoms with Gasteiger partial charge < -0.3 is 4.42 Å². The lowest BCUT2D eigenvalue weighted by Crippen LogP contribution is -1.93. The zero-order chi connectivity index (χ0) is 36.7. The van der Waals surface area contributed by atoms with Gasteiger partial charge in [-0.05, 0) is 107 Å². The van der Waals surface area contributed by atoms with E-state index in [1.165, 1.54) is 21.9 Å². The Kier molecular flexibility index (Phi) is 5.20. The van der Waals surface area contributed by atoms with Crippen molar-refractivity contribution in [3.05, 3.63) is 182 Å². The van der Waals surface area contributed by atoms with Crippen LogP contribution >= 0.6 is 0 Å². The second kappa shape index (κ2) is 11.1. The van der Waals surface area contributed by atoms with Gasteiger partial charge in [0.25, 0.3) is 0 Å². The molecule has 0 aliphatic rings. The molecule has 1 nitrogen and oxygen atoms in total. The first-order valence-electron chi connectivity index (χ1n) is 18.9. The fourth-order valence-corrected chi connectivity index (χ4v) is 7.61. The van der Waals surface area contributed by atoms with Gasteiger partial charge in [0.2, 0.25) is 0 Å². The van der Waals surface area contributed by atoms with Crippen LogP contribution in [0.1, 0.15) is 6.85 Å². The summed E-state index contributed by atoms with van der Waals surface area (Å²) in [5, 5.41) is 8.54. The molecule has 0 atom stereocenters. The Labute approximate surface area is 291 Å². The van der Waals surface area contributed by atoms with E-state index in [-0.39, 0.29) is 29.7 Å². The Morgan fingerprint density at radius 1 is 0.367 bits per heavy atom. The molecule has 10 aromatic rings. The third-order valence-electron chi connectivity index (χ3n) is 9.72. The number of furan rings is 1. The van der Waals surface area contributed by atoms with Crippen molar-refractivity contribution < 1.29 is 11.3 Å². The highest BCUT2D eigenvalue weighted by atomic mass is 16.3. The van der Waals surface area contributed by atoms with E-state index in [0.29, 0.717) is 16.7 Å². The molecule has 9 aromatic carbocycles. The molecule has 0 N–H and O–H groups in total. The van der Waals surface area contributed by atoms with Crippen molar-refractivity contribution in [1.82, 2.24) is 0 Å². The van der Waals surface area contributed by atoms with Gasteiger partial charge in [-0.15, -0.1) is 0 Å². The van der Waals surface area contributed by atoms with Crippen LogP contribution in [0.3, 0.4) is 0 Å². The summed E-state index contributed by atoms with van der Waals surface area (Å²) in [5.74, 6) is 0. The van der Waals surface area contributed by atoms with Crippen molar-refractivity contribution in [1.29, 1.82) is 0 Å². The number of benzene rings is 9. The molecule has 0 fully saturated rings. The van der Waals surface area contributed by atoms with Crippen LogP contribution in [0.5, 0.6) is 0 Å². The third-order valence-corrected chi connectivity index (χ3v) is 9.72. The summed E-state index contributed by atoms with van der Waals surface area (Å²) in [6, 6.07) is 51.0. The van der Waals surface area contributed by atoms with E-state index in [4.69, 9.17) is 11.3 Å². The first-order valence-corrected chi connectivity index (χ1v) is 16.4. The molecule has 0 spiro atoms. The zero-order valence-electron chi connectivity index (χ0n) is 31.3. The second-order valence-electron chi connectivity index (χ2n) is 12.4. The van der Waals surface area contributed by atoms with Crippen LogP contribution in [-0.4, -0.2) is 0 Å². The van der Waals surface area contributed by atoms with Crippen molar-refractivity contribution in [3.63, 3.8) is 0 Å². The molecule has 1 heterocycles. The van der Waals surface area contributed by atoms with E-state index in [1.807, 2.05) is 30.3 Å². The second-order valence-corrected chi connectivity index (χ2v) is 12.4. The minimum atomic E-state index is -0.409. The van der Waals surface area contributed by atoms with E-state index in [9.17, 15) is 0 Å². The fourth-order valence-electron chi connectivity index (χ4n) is 7.61. The van der Waals surface area contributed by atoms with E-state index in [0.717, 1.165) is 54.6 Å². The standard InChI is InChI=1S/C48H30O/c1-3-14-31(15-4-1)33-26-27-44-43(29-33)48-41(24-13-25-45(48)49-44)46-37-20-9-11-22-39(37)47(40-23-12-10-21-38(40)46)42-30-35(32-16-5-2-6-17-32)28-34-18-7-8-19-36(34)42/h1-30H/i1D,3D,4D,14D,15D. The van der Waals surface area contributed by atoms with Crippen LogP contribution in [-0.2, 0) is 0 Å².